The molecule has 2 nitrogen and oxygen atoms in total. The van der Waals surface area contributed by atoms with Gasteiger partial charge >= 0.3 is 0 Å². The summed E-state index contributed by atoms with van der Waals surface area (Å²) < 4.78 is 7.18. The minimum absolute atomic E-state index is 0.452. The summed E-state index contributed by atoms with van der Waals surface area (Å²) in [6, 6.07) is 77.2. The summed E-state index contributed by atoms with van der Waals surface area (Å²) in [5.41, 5.74) is 18.7. The molecular formula is C59H43NO. The van der Waals surface area contributed by atoms with Gasteiger partial charge in [-0.2, -0.15) is 0 Å². The van der Waals surface area contributed by atoms with Gasteiger partial charge in [0.05, 0.1) is 0 Å². The van der Waals surface area contributed by atoms with Crippen LogP contribution in [0.15, 0.2) is 212 Å². The molecule has 0 saturated heterocycles. The Bertz CT molecular complexity index is 3260. The van der Waals surface area contributed by atoms with Crippen molar-refractivity contribution in [1.29, 1.82) is 0 Å². The number of ether oxygens (including phenoxy) is 1. The van der Waals surface area contributed by atoms with Crippen molar-refractivity contribution in [1.82, 2.24) is 0 Å². The second kappa shape index (κ2) is 15.2. The SMILES string of the molecule is Cc1cccc2c3c(ccc12)-c1ccccc1-c1c(-c2ccc(N(c4ccccc4)c4cccc(-c5ccccc5)c4)cc2)cccc1-c1ccc2c(C)cccc2c1OC3. The highest BCUT2D eigenvalue weighted by Gasteiger charge is 2.25. The smallest absolute Gasteiger partial charge is 0.135 e. The van der Waals surface area contributed by atoms with Gasteiger partial charge in [0.2, 0.25) is 0 Å². The second-order valence-electron chi connectivity index (χ2n) is 16.1. The topological polar surface area (TPSA) is 12.5 Å². The van der Waals surface area contributed by atoms with E-state index in [-0.39, 0.29) is 0 Å². The molecule has 10 aromatic carbocycles. The average Bonchev–Trinajstić information content (AvgIpc) is 3.32. The molecule has 0 aromatic heterocycles. The highest BCUT2D eigenvalue weighted by molar-refractivity contribution is 6.06. The molecule has 2 heteroatoms. The number of anilines is 3. The Balaban J connectivity index is 1.13. The summed E-state index contributed by atoms with van der Waals surface area (Å²) in [4.78, 5) is 2.35. The van der Waals surface area contributed by atoms with Crippen LogP contribution in [0, 0.1) is 13.8 Å². The molecule has 0 saturated carbocycles. The van der Waals surface area contributed by atoms with E-state index < -0.39 is 0 Å². The van der Waals surface area contributed by atoms with E-state index in [1.54, 1.807) is 0 Å². The summed E-state index contributed by atoms with van der Waals surface area (Å²) in [6.07, 6.45) is 0. The first-order chi connectivity index (χ1) is 30.1. The number of hydrogen-bond acceptors (Lipinski definition) is 2. The van der Waals surface area contributed by atoms with E-state index in [1.807, 2.05) is 0 Å². The third-order valence-electron chi connectivity index (χ3n) is 12.5. The van der Waals surface area contributed by atoms with Gasteiger partial charge in [-0.3, -0.25) is 0 Å². The molecule has 0 spiro atoms. The van der Waals surface area contributed by atoms with Crippen LogP contribution in [0.25, 0.3) is 77.2 Å². The van der Waals surface area contributed by atoms with Crippen LogP contribution in [0.5, 0.6) is 5.75 Å². The Labute approximate surface area is 357 Å². The minimum atomic E-state index is 0.452. The van der Waals surface area contributed by atoms with Gasteiger partial charge < -0.3 is 9.64 Å². The zero-order valence-electron chi connectivity index (χ0n) is 34.3. The summed E-state index contributed by atoms with van der Waals surface area (Å²) in [5, 5.41) is 4.82. The first-order valence-electron chi connectivity index (χ1n) is 21.1. The van der Waals surface area contributed by atoms with Crippen molar-refractivity contribution in [3.05, 3.63) is 229 Å². The standard InChI is InChI=1S/C59H43NO/c1-39-15-11-26-50-47(39)33-35-52-51-23-9-10-24-53(51)58-49(25-14-27-54(58)56-36-34-48-40(2)16-12-28-55(48)59(56)61-38-57(50)52)42-29-31-45(32-30-42)60(44-20-7-4-8-21-44)46-22-13-19-43(37-46)41-17-5-3-6-18-41/h3-37H,38H2,1-2H3. The lowest BCUT2D eigenvalue weighted by atomic mass is 9.82. The van der Waals surface area contributed by atoms with E-state index in [0.717, 1.165) is 44.9 Å². The Hall–Kier alpha value is -7.68. The lowest BCUT2D eigenvalue weighted by molar-refractivity contribution is 0.313. The zero-order chi connectivity index (χ0) is 40.9. The highest BCUT2D eigenvalue weighted by Crippen LogP contribution is 2.50. The van der Waals surface area contributed by atoms with Crippen LogP contribution in [0.3, 0.4) is 0 Å². The van der Waals surface area contributed by atoms with Crippen LogP contribution in [-0.2, 0) is 6.61 Å². The molecule has 61 heavy (non-hydrogen) atoms. The van der Waals surface area contributed by atoms with Gasteiger partial charge in [0.15, 0.2) is 0 Å². The molecule has 1 heterocycles. The van der Waals surface area contributed by atoms with Crippen molar-refractivity contribution < 1.29 is 4.74 Å². The van der Waals surface area contributed by atoms with Gasteiger partial charge in [0, 0.05) is 33.6 Å². The van der Waals surface area contributed by atoms with E-state index in [1.165, 1.54) is 71.8 Å². The van der Waals surface area contributed by atoms with E-state index in [2.05, 4.69) is 231 Å². The molecule has 10 aromatic rings. The molecule has 0 amide bonds. The molecule has 0 aliphatic carbocycles. The van der Waals surface area contributed by atoms with Crippen LogP contribution >= 0.6 is 0 Å². The zero-order valence-corrected chi connectivity index (χ0v) is 34.3. The summed E-state index contributed by atoms with van der Waals surface area (Å²) in [5.74, 6) is 0.918. The molecule has 0 N–H and O–H groups in total. The lowest BCUT2D eigenvalue weighted by Crippen LogP contribution is -2.09. The summed E-state index contributed by atoms with van der Waals surface area (Å²) >= 11 is 0. The highest BCUT2D eigenvalue weighted by atomic mass is 16.5. The quantitative estimate of drug-likeness (QED) is 0.172. The number of nitrogens with zero attached hydrogens (tertiary/aromatic N) is 1. The van der Waals surface area contributed by atoms with Crippen molar-refractivity contribution in [3.8, 4) is 61.4 Å². The van der Waals surface area contributed by atoms with Gasteiger partial charge in [0.25, 0.3) is 0 Å². The maximum Gasteiger partial charge on any atom is 0.135 e. The maximum atomic E-state index is 7.18. The predicted octanol–water partition coefficient (Wildman–Crippen LogP) is 16.3. The normalized spacial score (nSPS) is 11.8. The molecule has 0 unspecified atom stereocenters. The van der Waals surface area contributed by atoms with E-state index in [9.17, 15) is 0 Å². The Morgan fingerprint density at radius 1 is 0.344 bits per heavy atom. The van der Waals surface area contributed by atoms with Gasteiger partial charge in [0.1, 0.15) is 12.4 Å². The monoisotopic (exact) mass is 781 g/mol. The first-order valence-corrected chi connectivity index (χ1v) is 21.1. The predicted molar refractivity (Wildman–Crippen MR) is 257 cm³/mol. The number of fused-ring (bicyclic) bond motifs is 11. The third kappa shape index (κ3) is 6.36. The van der Waals surface area contributed by atoms with E-state index in [0.29, 0.717) is 6.61 Å². The van der Waals surface area contributed by atoms with Crippen LogP contribution in [0.1, 0.15) is 16.7 Å². The maximum absolute atomic E-state index is 7.18. The van der Waals surface area contributed by atoms with Crippen LogP contribution in [-0.4, -0.2) is 0 Å². The van der Waals surface area contributed by atoms with Gasteiger partial charge in [-0.25, -0.2) is 0 Å². The van der Waals surface area contributed by atoms with E-state index in [4.69, 9.17) is 4.74 Å². The van der Waals surface area contributed by atoms with Gasteiger partial charge in [-0.15, -0.1) is 0 Å². The fraction of sp³-hybridized carbons (Fsp3) is 0.0508. The van der Waals surface area contributed by atoms with Gasteiger partial charge in [-0.05, 0) is 134 Å². The summed E-state index contributed by atoms with van der Waals surface area (Å²) in [6.45, 7) is 4.84. The molecule has 0 radical (unpaired) electrons. The number of rotatable bonds is 5. The number of para-hydroxylation sites is 1. The fourth-order valence-corrected chi connectivity index (χ4v) is 9.50. The molecule has 1 aliphatic rings. The molecular weight excluding hydrogens is 739 g/mol. The minimum Gasteiger partial charge on any atom is -0.488 e. The van der Waals surface area contributed by atoms with Crippen LogP contribution in [0.2, 0.25) is 0 Å². The Morgan fingerprint density at radius 3 is 1.67 bits per heavy atom. The van der Waals surface area contributed by atoms with Crippen molar-refractivity contribution in [2.45, 2.75) is 20.5 Å². The van der Waals surface area contributed by atoms with Crippen molar-refractivity contribution in [3.63, 3.8) is 0 Å². The lowest BCUT2D eigenvalue weighted by Gasteiger charge is -2.27. The number of hydrogen-bond donors (Lipinski definition) is 0. The third-order valence-corrected chi connectivity index (χ3v) is 12.5. The fourth-order valence-electron chi connectivity index (χ4n) is 9.50. The molecule has 0 fully saturated rings. The molecule has 0 atom stereocenters. The molecule has 0 bridgehead atoms. The van der Waals surface area contributed by atoms with Crippen LogP contribution < -0.4 is 9.64 Å². The molecule has 11 rings (SSSR count). The average molecular weight is 782 g/mol. The van der Waals surface area contributed by atoms with Crippen molar-refractivity contribution in [2.24, 2.45) is 0 Å². The Morgan fingerprint density at radius 2 is 0.902 bits per heavy atom. The first kappa shape index (κ1) is 36.4. The summed E-state index contributed by atoms with van der Waals surface area (Å²) in [7, 11) is 0. The number of benzene rings is 10. The second-order valence-corrected chi connectivity index (χ2v) is 16.1. The molecule has 1 aliphatic heterocycles. The van der Waals surface area contributed by atoms with Crippen molar-refractivity contribution in [2.75, 3.05) is 4.90 Å². The van der Waals surface area contributed by atoms with Crippen molar-refractivity contribution >= 4 is 38.6 Å². The van der Waals surface area contributed by atoms with E-state index >= 15 is 0 Å². The number of aryl methyl sites for hydroxylation is 2. The molecule has 290 valence electrons. The Kier molecular flexibility index (Phi) is 9.05. The van der Waals surface area contributed by atoms with Crippen LogP contribution in [0.4, 0.5) is 17.1 Å². The largest absolute Gasteiger partial charge is 0.488 e. The van der Waals surface area contributed by atoms with Gasteiger partial charge in [-0.1, -0.05) is 170 Å².